The second kappa shape index (κ2) is 8.14. The zero-order valence-corrected chi connectivity index (χ0v) is 17.8. The first-order chi connectivity index (χ1) is 15.1. The predicted molar refractivity (Wildman–Crippen MR) is 120 cm³/mol. The molecule has 31 heavy (non-hydrogen) atoms. The first-order valence-electron chi connectivity index (χ1n) is 11.1. The van der Waals surface area contributed by atoms with Gasteiger partial charge in [0.2, 0.25) is 0 Å². The summed E-state index contributed by atoms with van der Waals surface area (Å²) in [6, 6.07) is 15.6. The monoisotopic (exact) mass is 414 g/mol. The molecule has 0 saturated carbocycles. The molecule has 1 amide bonds. The zero-order valence-electron chi connectivity index (χ0n) is 17.8. The number of amides is 1. The molecule has 1 aliphatic carbocycles. The van der Waals surface area contributed by atoms with E-state index in [1.807, 2.05) is 42.5 Å². The van der Waals surface area contributed by atoms with Crippen molar-refractivity contribution in [2.45, 2.75) is 39.0 Å². The van der Waals surface area contributed by atoms with E-state index in [2.05, 4.69) is 13.0 Å². The van der Waals surface area contributed by atoms with E-state index in [0.717, 1.165) is 65.5 Å². The number of hydrogen-bond donors (Lipinski definition) is 0. The van der Waals surface area contributed by atoms with Crippen LogP contribution in [0.1, 0.15) is 46.9 Å². The third-order valence-corrected chi connectivity index (χ3v) is 6.45. The Morgan fingerprint density at radius 3 is 2.81 bits per heavy atom. The van der Waals surface area contributed by atoms with Gasteiger partial charge in [-0.1, -0.05) is 43.3 Å². The molecule has 0 bridgehead atoms. The van der Waals surface area contributed by atoms with Gasteiger partial charge in [-0.05, 0) is 61.3 Å². The van der Waals surface area contributed by atoms with Gasteiger partial charge in [0.15, 0.2) is 6.61 Å². The number of aryl methyl sites for hydroxylation is 2. The third-order valence-electron chi connectivity index (χ3n) is 6.45. The largest absolute Gasteiger partial charge is 0.452 e. The van der Waals surface area contributed by atoms with E-state index in [9.17, 15) is 9.59 Å². The van der Waals surface area contributed by atoms with Gasteiger partial charge < -0.3 is 9.64 Å². The number of fused-ring (bicyclic) bond motifs is 3. The van der Waals surface area contributed by atoms with Crippen molar-refractivity contribution in [2.24, 2.45) is 5.92 Å². The number of ether oxygens (including phenoxy) is 1. The van der Waals surface area contributed by atoms with Crippen LogP contribution in [0.4, 0.5) is 5.69 Å². The summed E-state index contributed by atoms with van der Waals surface area (Å²) >= 11 is 0. The fraction of sp³-hybridized carbons (Fsp3) is 0.346. The molecular weight excluding hydrogens is 388 g/mol. The van der Waals surface area contributed by atoms with Crippen LogP contribution < -0.4 is 4.90 Å². The maximum absolute atomic E-state index is 13.2. The molecule has 1 atom stereocenters. The molecule has 0 N–H and O–H groups in total. The molecule has 2 aliphatic rings. The summed E-state index contributed by atoms with van der Waals surface area (Å²) in [4.78, 5) is 32.7. The summed E-state index contributed by atoms with van der Waals surface area (Å²) in [6.45, 7) is 2.59. The molecule has 2 heterocycles. The van der Waals surface area contributed by atoms with E-state index in [-0.39, 0.29) is 12.5 Å². The molecule has 1 aromatic heterocycles. The van der Waals surface area contributed by atoms with Gasteiger partial charge in [-0.2, -0.15) is 0 Å². The van der Waals surface area contributed by atoms with E-state index >= 15 is 0 Å². The van der Waals surface area contributed by atoms with Crippen molar-refractivity contribution < 1.29 is 14.3 Å². The molecule has 158 valence electrons. The van der Waals surface area contributed by atoms with Crippen LogP contribution in [0.3, 0.4) is 0 Å². The quantitative estimate of drug-likeness (QED) is 0.592. The number of hydrogen-bond acceptors (Lipinski definition) is 4. The average Bonchev–Trinajstić information content (AvgIpc) is 2.80. The number of pyridine rings is 1. The summed E-state index contributed by atoms with van der Waals surface area (Å²) in [5.41, 5.74) is 5.45. The van der Waals surface area contributed by atoms with E-state index in [1.165, 1.54) is 0 Å². The molecule has 1 aliphatic heterocycles. The standard InChI is InChI=1S/C26H26N2O3/c1-17-12-13-22-20(15-17)25(19-9-3-4-10-21(19)27-22)26(30)31-16-24(29)28-14-6-8-18-7-2-5-11-23(18)28/h2-5,7,9-11,17H,6,8,12-16H2,1H3/t17-/m0/s1. The molecule has 3 aromatic rings. The SMILES string of the molecule is C[C@H]1CCc2nc3ccccc3c(C(=O)OCC(=O)N3CCCc4ccccc43)c2C1. The van der Waals surface area contributed by atoms with Crippen molar-refractivity contribution in [3.05, 3.63) is 70.9 Å². The Labute approximate surface area is 182 Å². The van der Waals surface area contributed by atoms with Crippen LogP contribution in [-0.4, -0.2) is 30.0 Å². The lowest BCUT2D eigenvalue weighted by Crippen LogP contribution is -2.38. The maximum Gasteiger partial charge on any atom is 0.339 e. The fourth-order valence-corrected chi connectivity index (χ4v) is 4.87. The van der Waals surface area contributed by atoms with Gasteiger partial charge in [0.1, 0.15) is 0 Å². The second-order valence-corrected chi connectivity index (χ2v) is 8.63. The Kier molecular flexibility index (Phi) is 5.18. The van der Waals surface area contributed by atoms with Gasteiger partial charge in [0.25, 0.3) is 5.91 Å². The molecular formula is C26H26N2O3. The topological polar surface area (TPSA) is 59.5 Å². The Morgan fingerprint density at radius 1 is 1.10 bits per heavy atom. The minimum atomic E-state index is -0.428. The number of aromatic nitrogens is 1. The number of carbonyl (C=O) groups is 2. The highest BCUT2D eigenvalue weighted by atomic mass is 16.5. The first-order valence-corrected chi connectivity index (χ1v) is 11.1. The second-order valence-electron chi connectivity index (χ2n) is 8.63. The van der Waals surface area contributed by atoms with E-state index < -0.39 is 5.97 Å². The highest BCUT2D eigenvalue weighted by Crippen LogP contribution is 2.32. The van der Waals surface area contributed by atoms with Gasteiger partial charge in [0.05, 0.1) is 11.1 Å². The normalized spacial score (nSPS) is 17.7. The predicted octanol–water partition coefficient (Wildman–Crippen LogP) is 4.50. The van der Waals surface area contributed by atoms with Crippen molar-refractivity contribution in [1.82, 2.24) is 4.98 Å². The number of rotatable bonds is 3. The van der Waals surface area contributed by atoms with Crippen LogP contribution in [-0.2, 0) is 28.8 Å². The fourth-order valence-electron chi connectivity index (χ4n) is 4.87. The van der Waals surface area contributed by atoms with E-state index in [4.69, 9.17) is 9.72 Å². The molecule has 5 rings (SSSR count). The average molecular weight is 415 g/mol. The number of nitrogens with zero attached hydrogens (tertiary/aromatic N) is 2. The highest BCUT2D eigenvalue weighted by Gasteiger charge is 2.28. The third kappa shape index (κ3) is 3.69. The van der Waals surface area contributed by atoms with Crippen LogP contribution in [0.15, 0.2) is 48.5 Å². The molecule has 0 unspecified atom stereocenters. The lowest BCUT2D eigenvalue weighted by Gasteiger charge is -2.29. The van der Waals surface area contributed by atoms with E-state index in [0.29, 0.717) is 18.0 Å². The molecule has 0 radical (unpaired) electrons. The van der Waals surface area contributed by atoms with Gasteiger partial charge in [0, 0.05) is 23.3 Å². The minimum Gasteiger partial charge on any atom is -0.452 e. The minimum absolute atomic E-state index is 0.180. The molecule has 5 heteroatoms. The summed E-state index contributed by atoms with van der Waals surface area (Å²) in [5.74, 6) is -0.114. The molecule has 0 saturated heterocycles. The van der Waals surface area contributed by atoms with Crippen molar-refractivity contribution >= 4 is 28.5 Å². The Hall–Kier alpha value is -3.21. The Bertz CT molecular complexity index is 1170. The van der Waals surface area contributed by atoms with Crippen LogP contribution in [0.2, 0.25) is 0 Å². The number of esters is 1. The highest BCUT2D eigenvalue weighted by molar-refractivity contribution is 6.06. The van der Waals surface area contributed by atoms with Gasteiger partial charge in [-0.15, -0.1) is 0 Å². The lowest BCUT2D eigenvalue weighted by atomic mass is 9.84. The Balaban J connectivity index is 1.41. The maximum atomic E-state index is 13.2. The summed E-state index contributed by atoms with van der Waals surface area (Å²) in [7, 11) is 0. The van der Waals surface area contributed by atoms with Gasteiger partial charge in [-0.25, -0.2) is 4.79 Å². The molecule has 2 aromatic carbocycles. The van der Waals surface area contributed by atoms with Crippen LogP contribution in [0.25, 0.3) is 10.9 Å². The number of carbonyl (C=O) groups excluding carboxylic acids is 2. The molecule has 0 fully saturated rings. The van der Waals surface area contributed by atoms with E-state index in [1.54, 1.807) is 4.90 Å². The van der Waals surface area contributed by atoms with Gasteiger partial charge >= 0.3 is 5.97 Å². The zero-order chi connectivity index (χ0) is 21.4. The summed E-state index contributed by atoms with van der Waals surface area (Å²) in [6.07, 6.45) is 4.62. The van der Waals surface area contributed by atoms with Crippen LogP contribution in [0, 0.1) is 5.92 Å². The van der Waals surface area contributed by atoms with Crippen molar-refractivity contribution in [2.75, 3.05) is 18.1 Å². The van der Waals surface area contributed by atoms with Crippen LogP contribution >= 0.6 is 0 Å². The van der Waals surface area contributed by atoms with Crippen LogP contribution in [0.5, 0.6) is 0 Å². The van der Waals surface area contributed by atoms with Gasteiger partial charge in [-0.3, -0.25) is 9.78 Å². The smallest absolute Gasteiger partial charge is 0.339 e. The lowest BCUT2D eigenvalue weighted by molar-refractivity contribution is -0.121. The van der Waals surface area contributed by atoms with Crippen molar-refractivity contribution in [3.63, 3.8) is 0 Å². The molecule has 5 nitrogen and oxygen atoms in total. The van der Waals surface area contributed by atoms with Crippen molar-refractivity contribution in [3.8, 4) is 0 Å². The Morgan fingerprint density at radius 2 is 1.90 bits per heavy atom. The molecule has 0 spiro atoms. The summed E-state index contributed by atoms with van der Waals surface area (Å²) < 4.78 is 5.61. The summed E-state index contributed by atoms with van der Waals surface area (Å²) in [5, 5.41) is 0.802. The first kappa shape index (κ1) is 19.7. The number of benzene rings is 2. The number of para-hydroxylation sites is 2. The van der Waals surface area contributed by atoms with Crippen molar-refractivity contribution in [1.29, 1.82) is 0 Å². The number of anilines is 1.